The maximum atomic E-state index is 11.7. The fraction of sp³-hybridized carbons (Fsp3) is 0.400. The first-order valence-electron chi connectivity index (χ1n) is 6.36. The van der Waals surface area contributed by atoms with E-state index in [1.807, 2.05) is 24.4 Å². The molecule has 1 aliphatic carbocycles. The summed E-state index contributed by atoms with van der Waals surface area (Å²) in [6.45, 7) is 0.789. The van der Waals surface area contributed by atoms with Crippen molar-refractivity contribution in [2.24, 2.45) is 0 Å². The summed E-state index contributed by atoms with van der Waals surface area (Å²) in [5.74, 6) is 0.322. The molecule has 1 aromatic carbocycles. The second-order valence-electron chi connectivity index (χ2n) is 4.52. The van der Waals surface area contributed by atoms with Gasteiger partial charge in [-0.25, -0.2) is 0 Å². The number of benzene rings is 1. The Morgan fingerprint density at radius 3 is 2.65 bits per heavy atom. The number of ketones is 1. The minimum atomic E-state index is 0.322. The molecule has 0 saturated heterocycles. The van der Waals surface area contributed by atoms with Gasteiger partial charge in [-0.3, -0.25) is 4.79 Å². The van der Waals surface area contributed by atoms with Gasteiger partial charge in [-0.2, -0.15) is 0 Å². The SMILES string of the molecule is O=C1CCCCCC1=CNCc1ccccc1. The molecule has 1 aromatic rings. The zero-order valence-corrected chi connectivity index (χ0v) is 10.1. The highest BCUT2D eigenvalue weighted by Crippen LogP contribution is 2.18. The molecule has 0 spiro atoms. The van der Waals surface area contributed by atoms with Crippen molar-refractivity contribution in [3.8, 4) is 0 Å². The van der Waals surface area contributed by atoms with Crippen molar-refractivity contribution in [3.63, 3.8) is 0 Å². The first-order valence-corrected chi connectivity index (χ1v) is 6.36. The van der Waals surface area contributed by atoms with Gasteiger partial charge >= 0.3 is 0 Å². The Morgan fingerprint density at radius 1 is 1.06 bits per heavy atom. The van der Waals surface area contributed by atoms with Crippen LogP contribution in [0.4, 0.5) is 0 Å². The lowest BCUT2D eigenvalue weighted by Gasteiger charge is -2.04. The molecule has 0 bridgehead atoms. The molecule has 0 amide bonds. The van der Waals surface area contributed by atoms with Crippen LogP contribution < -0.4 is 5.32 Å². The number of rotatable bonds is 3. The van der Waals surface area contributed by atoms with Crippen LogP contribution >= 0.6 is 0 Å². The summed E-state index contributed by atoms with van der Waals surface area (Å²) in [5, 5.41) is 3.25. The van der Waals surface area contributed by atoms with E-state index < -0.39 is 0 Å². The third-order valence-corrected chi connectivity index (χ3v) is 3.13. The normalized spacial score (nSPS) is 19.1. The number of carbonyl (C=O) groups excluding carboxylic acids is 1. The third kappa shape index (κ3) is 3.74. The Bertz CT molecular complexity index is 395. The molecule has 0 aromatic heterocycles. The fourth-order valence-electron chi connectivity index (χ4n) is 2.12. The molecule has 2 heteroatoms. The van der Waals surface area contributed by atoms with Crippen molar-refractivity contribution in [1.82, 2.24) is 5.32 Å². The van der Waals surface area contributed by atoms with Gasteiger partial charge in [0, 0.05) is 24.7 Å². The van der Waals surface area contributed by atoms with Crippen molar-refractivity contribution >= 4 is 5.78 Å². The molecule has 1 fully saturated rings. The molecule has 0 unspecified atom stereocenters. The summed E-state index contributed by atoms with van der Waals surface area (Å²) in [6, 6.07) is 10.2. The zero-order chi connectivity index (χ0) is 11.9. The lowest BCUT2D eigenvalue weighted by atomic mass is 10.1. The molecule has 2 rings (SSSR count). The average Bonchev–Trinajstić information content (AvgIpc) is 2.56. The Balaban J connectivity index is 1.89. The van der Waals surface area contributed by atoms with Crippen molar-refractivity contribution < 1.29 is 4.79 Å². The second-order valence-corrected chi connectivity index (χ2v) is 4.52. The first-order chi connectivity index (χ1) is 8.36. The highest BCUT2D eigenvalue weighted by Gasteiger charge is 2.12. The van der Waals surface area contributed by atoms with Crippen LogP contribution in [0.15, 0.2) is 42.1 Å². The summed E-state index contributed by atoms with van der Waals surface area (Å²) >= 11 is 0. The van der Waals surface area contributed by atoms with E-state index in [4.69, 9.17) is 0 Å². The molecule has 0 atom stereocenters. The number of Topliss-reactive ketones (excluding diaryl/α,β-unsaturated/α-hetero) is 1. The van der Waals surface area contributed by atoms with E-state index in [1.54, 1.807) is 0 Å². The van der Waals surface area contributed by atoms with Crippen molar-refractivity contribution in [2.75, 3.05) is 0 Å². The largest absolute Gasteiger partial charge is 0.386 e. The van der Waals surface area contributed by atoms with E-state index in [-0.39, 0.29) is 0 Å². The Morgan fingerprint density at radius 2 is 1.82 bits per heavy atom. The molecule has 0 radical (unpaired) electrons. The first kappa shape index (κ1) is 11.9. The van der Waals surface area contributed by atoms with Gasteiger partial charge in [-0.1, -0.05) is 36.8 Å². The number of allylic oxidation sites excluding steroid dienone is 1. The lowest BCUT2D eigenvalue weighted by molar-refractivity contribution is -0.115. The van der Waals surface area contributed by atoms with Gasteiger partial charge in [0.15, 0.2) is 5.78 Å². The van der Waals surface area contributed by atoms with Crippen LogP contribution in [0.1, 0.15) is 37.7 Å². The Kier molecular flexibility index (Phi) is 4.37. The molecular formula is C15H19NO. The van der Waals surface area contributed by atoms with Crippen LogP contribution in [0, 0.1) is 0 Å². The molecule has 2 nitrogen and oxygen atoms in total. The fourth-order valence-corrected chi connectivity index (χ4v) is 2.12. The lowest BCUT2D eigenvalue weighted by Crippen LogP contribution is -2.09. The highest BCUT2D eigenvalue weighted by atomic mass is 16.1. The molecule has 1 N–H and O–H groups in total. The van der Waals surface area contributed by atoms with Gasteiger partial charge in [0.1, 0.15) is 0 Å². The second kappa shape index (κ2) is 6.24. The maximum Gasteiger partial charge on any atom is 0.160 e. The van der Waals surface area contributed by atoms with Crippen LogP contribution in [0.25, 0.3) is 0 Å². The summed E-state index contributed by atoms with van der Waals surface area (Å²) in [4.78, 5) is 11.7. The van der Waals surface area contributed by atoms with Gasteiger partial charge in [0.2, 0.25) is 0 Å². The number of nitrogens with one attached hydrogen (secondary N) is 1. The molecule has 1 aliphatic rings. The van der Waals surface area contributed by atoms with E-state index in [0.29, 0.717) is 5.78 Å². The molecule has 17 heavy (non-hydrogen) atoms. The predicted molar refractivity (Wildman–Crippen MR) is 69.5 cm³/mol. The van der Waals surface area contributed by atoms with E-state index in [0.717, 1.165) is 37.8 Å². The number of carbonyl (C=O) groups is 1. The van der Waals surface area contributed by atoms with Gasteiger partial charge < -0.3 is 5.32 Å². The van der Waals surface area contributed by atoms with E-state index in [2.05, 4.69) is 17.4 Å². The molecular weight excluding hydrogens is 210 g/mol. The standard InChI is InChI=1S/C15H19NO/c17-15-10-6-2-5-9-14(15)12-16-11-13-7-3-1-4-8-13/h1,3-4,7-8,12,16H,2,5-6,9-11H2. The van der Waals surface area contributed by atoms with Crippen LogP contribution in [0.5, 0.6) is 0 Å². The molecule has 90 valence electrons. The monoisotopic (exact) mass is 229 g/mol. The highest BCUT2D eigenvalue weighted by molar-refractivity contribution is 5.95. The van der Waals surface area contributed by atoms with Crippen molar-refractivity contribution in [1.29, 1.82) is 0 Å². The third-order valence-electron chi connectivity index (χ3n) is 3.13. The minimum Gasteiger partial charge on any atom is -0.386 e. The van der Waals surface area contributed by atoms with Crippen molar-refractivity contribution in [3.05, 3.63) is 47.7 Å². The zero-order valence-electron chi connectivity index (χ0n) is 10.1. The molecule has 0 aliphatic heterocycles. The Labute approximate surface area is 103 Å². The smallest absolute Gasteiger partial charge is 0.160 e. The van der Waals surface area contributed by atoms with Crippen LogP contribution in [0.3, 0.4) is 0 Å². The quantitative estimate of drug-likeness (QED) is 0.637. The summed E-state index contributed by atoms with van der Waals surface area (Å²) in [5.41, 5.74) is 2.21. The van der Waals surface area contributed by atoms with Crippen LogP contribution in [-0.4, -0.2) is 5.78 Å². The number of hydrogen-bond acceptors (Lipinski definition) is 2. The van der Waals surface area contributed by atoms with Crippen LogP contribution in [0.2, 0.25) is 0 Å². The van der Waals surface area contributed by atoms with Gasteiger partial charge in [-0.05, 0) is 24.8 Å². The van der Waals surface area contributed by atoms with Gasteiger partial charge in [0.25, 0.3) is 0 Å². The summed E-state index contributed by atoms with van der Waals surface area (Å²) in [7, 11) is 0. The molecule has 0 heterocycles. The number of hydrogen-bond donors (Lipinski definition) is 1. The predicted octanol–water partition coefficient (Wildman–Crippen LogP) is 3.19. The van der Waals surface area contributed by atoms with Gasteiger partial charge in [0.05, 0.1) is 0 Å². The van der Waals surface area contributed by atoms with E-state index in [1.165, 1.54) is 12.0 Å². The van der Waals surface area contributed by atoms with Crippen molar-refractivity contribution in [2.45, 2.75) is 38.6 Å². The summed E-state index contributed by atoms with van der Waals surface area (Å²) < 4.78 is 0. The Hall–Kier alpha value is -1.57. The van der Waals surface area contributed by atoms with Crippen LogP contribution in [-0.2, 0) is 11.3 Å². The molecule has 1 saturated carbocycles. The minimum absolute atomic E-state index is 0.322. The summed E-state index contributed by atoms with van der Waals surface area (Å²) in [6.07, 6.45) is 6.95. The topological polar surface area (TPSA) is 29.1 Å². The maximum absolute atomic E-state index is 11.7. The van der Waals surface area contributed by atoms with E-state index in [9.17, 15) is 4.79 Å². The van der Waals surface area contributed by atoms with E-state index >= 15 is 0 Å². The average molecular weight is 229 g/mol. The van der Waals surface area contributed by atoms with Gasteiger partial charge in [-0.15, -0.1) is 0 Å².